The molecule has 27 heavy (non-hydrogen) atoms. The van der Waals surface area contributed by atoms with Crippen molar-refractivity contribution < 1.29 is 13.2 Å². The maximum Gasteiger partial charge on any atom is 0.244 e. The van der Waals surface area contributed by atoms with E-state index in [1.54, 1.807) is 0 Å². The lowest BCUT2D eigenvalue weighted by Crippen LogP contribution is -2.49. The van der Waals surface area contributed by atoms with E-state index in [2.05, 4.69) is 4.90 Å². The van der Waals surface area contributed by atoms with Gasteiger partial charge in [0, 0.05) is 37.7 Å². The van der Waals surface area contributed by atoms with Gasteiger partial charge in [-0.15, -0.1) is 0 Å². The van der Waals surface area contributed by atoms with E-state index in [0.717, 1.165) is 12.3 Å². The summed E-state index contributed by atoms with van der Waals surface area (Å²) in [5.41, 5.74) is 0.109. The fourth-order valence-electron chi connectivity index (χ4n) is 2.94. The van der Waals surface area contributed by atoms with Gasteiger partial charge in [-0.2, -0.15) is 9.57 Å². The number of para-hydroxylation sites is 1. The monoisotopic (exact) mass is 405 g/mol. The van der Waals surface area contributed by atoms with Crippen LogP contribution in [0.5, 0.6) is 5.75 Å². The molecule has 2 aromatic carbocycles. The quantitative estimate of drug-likeness (QED) is 0.738. The Hall–Kier alpha value is -2.11. The number of hydrogen-bond acceptors (Lipinski definition) is 5. The van der Waals surface area contributed by atoms with E-state index in [9.17, 15) is 13.7 Å². The lowest BCUT2D eigenvalue weighted by atomic mass is 10.2. The minimum Gasteiger partial charge on any atom is -0.492 e. The normalized spacial score (nSPS) is 16.0. The maximum absolute atomic E-state index is 12.9. The molecule has 3 rings (SSSR count). The summed E-state index contributed by atoms with van der Waals surface area (Å²) in [5.74, 6) is 0.823. The summed E-state index contributed by atoms with van der Waals surface area (Å²) in [7, 11) is -3.75. The molecular formula is C19H20ClN3O3S. The Labute approximate surface area is 164 Å². The topological polar surface area (TPSA) is 73.6 Å². The zero-order valence-electron chi connectivity index (χ0n) is 14.7. The van der Waals surface area contributed by atoms with Crippen LogP contribution in [0.3, 0.4) is 0 Å². The molecule has 0 saturated carbocycles. The van der Waals surface area contributed by atoms with Crippen molar-refractivity contribution in [3.8, 4) is 11.8 Å². The lowest BCUT2D eigenvalue weighted by Gasteiger charge is -2.34. The van der Waals surface area contributed by atoms with E-state index in [1.807, 2.05) is 36.4 Å². The predicted molar refractivity (Wildman–Crippen MR) is 103 cm³/mol. The molecule has 0 N–H and O–H groups in total. The van der Waals surface area contributed by atoms with Crippen molar-refractivity contribution in [3.05, 3.63) is 59.1 Å². The average molecular weight is 406 g/mol. The van der Waals surface area contributed by atoms with Crippen LogP contribution in [0.25, 0.3) is 0 Å². The lowest BCUT2D eigenvalue weighted by molar-refractivity contribution is 0.159. The number of benzene rings is 2. The van der Waals surface area contributed by atoms with Gasteiger partial charge in [-0.3, -0.25) is 4.90 Å². The number of ether oxygens (including phenoxy) is 1. The van der Waals surface area contributed by atoms with Crippen LogP contribution in [-0.2, 0) is 10.0 Å². The van der Waals surface area contributed by atoms with Gasteiger partial charge in [0.2, 0.25) is 10.0 Å². The molecule has 0 aliphatic carbocycles. The second-order valence-electron chi connectivity index (χ2n) is 6.16. The zero-order valence-corrected chi connectivity index (χ0v) is 16.3. The molecule has 0 unspecified atom stereocenters. The molecule has 0 spiro atoms. The summed E-state index contributed by atoms with van der Waals surface area (Å²) in [5, 5.41) is 9.50. The first-order chi connectivity index (χ1) is 13.0. The maximum atomic E-state index is 12.9. The van der Waals surface area contributed by atoms with Gasteiger partial charge < -0.3 is 4.74 Å². The molecule has 1 fully saturated rings. The van der Waals surface area contributed by atoms with Crippen LogP contribution in [0.2, 0.25) is 5.02 Å². The Balaban J connectivity index is 1.57. The molecule has 0 bridgehead atoms. The van der Waals surface area contributed by atoms with Crippen LogP contribution < -0.4 is 4.74 Å². The van der Waals surface area contributed by atoms with Gasteiger partial charge in [0.15, 0.2) is 0 Å². The molecule has 1 heterocycles. The smallest absolute Gasteiger partial charge is 0.244 e. The first-order valence-corrected chi connectivity index (χ1v) is 10.4. The summed E-state index contributed by atoms with van der Waals surface area (Å²) in [6.07, 6.45) is 0. The molecule has 0 radical (unpaired) electrons. The molecule has 0 atom stereocenters. The number of halogens is 1. The van der Waals surface area contributed by atoms with Gasteiger partial charge in [0.1, 0.15) is 23.3 Å². The third-order valence-electron chi connectivity index (χ3n) is 4.43. The van der Waals surface area contributed by atoms with E-state index in [1.165, 1.54) is 22.5 Å². The second kappa shape index (κ2) is 8.72. The van der Waals surface area contributed by atoms with Crippen molar-refractivity contribution in [1.29, 1.82) is 5.26 Å². The largest absolute Gasteiger partial charge is 0.492 e. The van der Waals surface area contributed by atoms with Gasteiger partial charge in [0.25, 0.3) is 0 Å². The van der Waals surface area contributed by atoms with Crippen molar-refractivity contribution in [2.45, 2.75) is 4.90 Å². The molecule has 2 aromatic rings. The summed E-state index contributed by atoms with van der Waals surface area (Å²) < 4.78 is 32.9. The Morgan fingerprint density at radius 1 is 1.07 bits per heavy atom. The summed E-state index contributed by atoms with van der Waals surface area (Å²) in [4.78, 5) is 2.14. The van der Waals surface area contributed by atoms with Gasteiger partial charge in [-0.05, 0) is 30.3 Å². The van der Waals surface area contributed by atoms with Crippen molar-refractivity contribution in [3.63, 3.8) is 0 Å². The third kappa shape index (κ3) is 4.79. The standard InChI is InChI=1S/C19H20ClN3O3S/c20-17-7-6-16(15-21)19(14-17)27(24,25)23-10-8-22(9-11-23)12-13-26-18-4-2-1-3-5-18/h1-7,14H,8-13H2. The van der Waals surface area contributed by atoms with Crippen LogP contribution in [0, 0.1) is 11.3 Å². The Kier molecular flexibility index (Phi) is 6.34. The molecule has 1 saturated heterocycles. The van der Waals surface area contributed by atoms with E-state index < -0.39 is 10.0 Å². The molecule has 0 amide bonds. The molecule has 0 aromatic heterocycles. The van der Waals surface area contributed by atoms with E-state index in [4.69, 9.17) is 16.3 Å². The summed E-state index contributed by atoms with van der Waals surface area (Å²) in [6, 6.07) is 15.8. The molecular weight excluding hydrogens is 386 g/mol. The van der Waals surface area contributed by atoms with E-state index >= 15 is 0 Å². The van der Waals surface area contributed by atoms with Crippen LogP contribution in [0.15, 0.2) is 53.4 Å². The Morgan fingerprint density at radius 2 is 1.78 bits per heavy atom. The van der Waals surface area contributed by atoms with Crippen molar-refractivity contribution in [1.82, 2.24) is 9.21 Å². The fraction of sp³-hybridized carbons (Fsp3) is 0.316. The predicted octanol–water partition coefficient (Wildman–Crippen LogP) is 2.60. The number of nitrogens with zero attached hydrogens (tertiary/aromatic N) is 3. The van der Waals surface area contributed by atoms with Crippen molar-refractivity contribution >= 4 is 21.6 Å². The summed E-state index contributed by atoms with van der Waals surface area (Å²) >= 11 is 5.94. The van der Waals surface area contributed by atoms with Gasteiger partial charge >= 0.3 is 0 Å². The molecule has 6 nitrogen and oxygen atoms in total. The van der Waals surface area contributed by atoms with Crippen LogP contribution in [0.1, 0.15) is 5.56 Å². The van der Waals surface area contributed by atoms with Crippen molar-refractivity contribution in [2.75, 3.05) is 39.3 Å². The zero-order chi connectivity index (χ0) is 19.3. The molecule has 142 valence electrons. The van der Waals surface area contributed by atoms with E-state index in [0.29, 0.717) is 37.8 Å². The molecule has 1 aliphatic rings. The summed E-state index contributed by atoms with van der Waals surface area (Å²) in [6.45, 7) is 3.22. The van der Waals surface area contributed by atoms with Gasteiger partial charge in [-0.1, -0.05) is 29.8 Å². The van der Waals surface area contributed by atoms with Crippen LogP contribution in [0.4, 0.5) is 0 Å². The SMILES string of the molecule is N#Cc1ccc(Cl)cc1S(=O)(=O)N1CCN(CCOc2ccccc2)CC1. The van der Waals surface area contributed by atoms with Crippen LogP contribution >= 0.6 is 11.6 Å². The number of rotatable bonds is 6. The van der Waals surface area contributed by atoms with Gasteiger partial charge in [-0.25, -0.2) is 8.42 Å². The highest BCUT2D eigenvalue weighted by molar-refractivity contribution is 7.89. The first kappa shape index (κ1) is 19.6. The van der Waals surface area contributed by atoms with Gasteiger partial charge in [0.05, 0.1) is 5.56 Å². The fourth-order valence-corrected chi connectivity index (χ4v) is 4.77. The minimum atomic E-state index is -3.75. The van der Waals surface area contributed by atoms with Crippen molar-refractivity contribution in [2.24, 2.45) is 0 Å². The second-order valence-corrected chi connectivity index (χ2v) is 8.50. The third-order valence-corrected chi connectivity index (χ3v) is 6.61. The highest BCUT2D eigenvalue weighted by atomic mass is 35.5. The number of sulfonamides is 1. The minimum absolute atomic E-state index is 0.0293. The Morgan fingerprint density at radius 3 is 2.44 bits per heavy atom. The molecule has 1 aliphatic heterocycles. The van der Waals surface area contributed by atoms with Crippen LogP contribution in [-0.4, -0.2) is 57.0 Å². The van der Waals surface area contributed by atoms with E-state index in [-0.39, 0.29) is 10.5 Å². The highest BCUT2D eigenvalue weighted by Crippen LogP contribution is 2.24. The first-order valence-electron chi connectivity index (χ1n) is 8.61. The average Bonchev–Trinajstić information content (AvgIpc) is 2.69. The number of piperazine rings is 1. The number of hydrogen-bond donors (Lipinski definition) is 0. The Bertz CT molecular complexity index is 921. The highest BCUT2D eigenvalue weighted by Gasteiger charge is 2.30. The molecule has 8 heteroatoms. The number of nitriles is 1.